The first kappa shape index (κ1) is 22.7. The molecule has 0 saturated heterocycles. The molecular weight excluding hydrogens is 418 g/mol. The first-order chi connectivity index (χ1) is 14.5. The summed E-state index contributed by atoms with van der Waals surface area (Å²) in [4.78, 5) is 2.09. The van der Waals surface area contributed by atoms with E-state index in [1.165, 1.54) is 0 Å². The van der Waals surface area contributed by atoms with E-state index in [-0.39, 0.29) is 6.61 Å². The Balaban J connectivity index is 1.59. The molecule has 0 fully saturated rings. The van der Waals surface area contributed by atoms with Crippen molar-refractivity contribution in [2.24, 2.45) is 5.73 Å². The second kappa shape index (κ2) is 11.4. The highest BCUT2D eigenvalue weighted by molar-refractivity contribution is 7.99. The summed E-state index contributed by atoms with van der Waals surface area (Å²) in [5.41, 5.74) is 7.73. The summed E-state index contributed by atoms with van der Waals surface area (Å²) >= 11 is 8.05. The topological polar surface area (TPSA) is 75.7 Å². The third kappa shape index (κ3) is 6.76. The second-order valence-corrected chi connectivity index (χ2v) is 8.61. The lowest BCUT2D eigenvalue weighted by Gasteiger charge is -2.16. The predicted octanol–water partition coefficient (Wildman–Crippen LogP) is 4.68. The number of aliphatic hydroxyl groups is 2. The Kier molecular flexibility index (Phi) is 8.61. The first-order valence-electron chi connectivity index (χ1n) is 9.82. The van der Waals surface area contributed by atoms with Gasteiger partial charge in [0.1, 0.15) is 12.4 Å². The van der Waals surface area contributed by atoms with Crippen LogP contribution < -0.4 is 10.5 Å². The summed E-state index contributed by atoms with van der Waals surface area (Å²) in [7, 11) is 0. The Morgan fingerprint density at radius 1 is 0.967 bits per heavy atom. The highest BCUT2D eigenvalue weighted by Gasteiger charge is 2.14. The van der Waals surface area contributed by atoms with Gasteiger partial charge in [-0.1, -0.05) is 65.8 Å². The van der Waals surface area contributed by atoms with Gasteiger partial charge in [-0.05, 0) is 54.3 Å². The van der Waals surface area contributed by atoms with Gasteiger partial charge in [0, 0.05) is 14.8 Å². The summed E-state index contributed by atoms with van der Waals surface area (Å²) in [6, 6.07) is 23.3. The van der Waals surface area contributed by atoms with Gasteiger partial charge in [-0.15, -0.1) is 0 Å². The average Bonchev–Trinajstić information content (AvgIpc) is 2.77. The lowest BCUT2D eigenvalue weighted by Crippen LogP contribution is -2.38. The molecule has 30 heavy (non-hydrogen) atoms. The maximum atomic E-state index is 9.92. The molecule has 6 heteroatoms. The lowest BCUT2D eigenvalue weighted by molar-refractivity contribution is 0.102. The van der Waals surface area contributed by atoms with Crippen LogP contribution in [0.4, 0.5) is 0 Å². The maximum Gasteiger partial charge on any atom is 0.120 e. The fraction of sp³-hybridized carbons (Fsp3) is 0.250. The maximum absolute atomic E-state index is 9.92. The van der Waals surface area contributed by atoms with Gasteiger partial charge in [0.05, 0.1) is 18.8 Å². The van der Waals surface area contributed by atoms with E-state index in [1.54, 1.807) is 11.8 Å². The van der Waals surface area contributed by atoms with Crippen LogP contribution in [0.5, 0.6) is 5.75 Å². The number of benzene rings is 3. The van der Waals surface area contributed by atoms with Crippen molar-refractivity contribution >= 4 is 23.4 Å². The number of halogens is 1. The Labute approximate surface area is 186 Å². The summed E-state index contributed by atoms with van der Waals surface area (Å²) in [6.07, 6.45) is 0.301. The third-order valence-electron chi connectivity index (χ3n) is 4.73. The molecule has 3 aromatic carbocycles. The molecule has 0 aliphatic rings. The zero-order chi connectivity index (χ0) is 21.3. The fourth-order valence-electron chi connectivity index (χ4n) is 2.94. The van der Waals surface area contributed by atoms with Crippen LogP contribution in [0.1, 0.15) is 17.5 Å². The summed E-state index contributed by atoms with van der Waals surface area (Å²) in [5.74, 6) is 0.820. The summed E-state index contributed by atoms with van der Waals surface area (Å²) < 4.78 is 5.91. The monoisotopic (exact) mass is 443 g/mol. The van der Waals surface area contributed by atoms with Crippen LogP contribution in [0.15, 0.2) is 82.6 Å². The van der Waals surface area contributed by atoms with Gasteiger partial charge in [-0.2, -0.15) is 0 Å². The zero-order valence-electron chi connectivity index (χ0n) is 16.6. The molecule has 158 valence electrons. The third-order valence-corrected chi connectivity index (χ3v) is 6.06. The minimum Gasteiger partial charge on any atom is -0.489 e. The number of ether oxygens (including phenoxy) is 1. The van der Waals surface area contributed by atoms with Crippen molar-refractivity contribution in [2.45, 2.75) is 41.4 Å². The Morgan fingerprint density at radius 3 is 2.47 bits per heavy atom. The molecule has 4 nitrogen and oxygen atoms in total. The lowest BCUT2D eigenvalue weighted by atomic mass is 10.0. The molecule has 0 aromatic heterocycles. The minimum absolute atomic E-state index is 0.237. The predicted molar refractivity (Wildman–Crippen MR) is 122 cm³/mol. The SMILES string of the molecule is NC(CO)C(O)CCc1ccc(Sc2cccc(OCc3ccccc3)c2)cc1Cl. The Bertz CT molecular complexity index is 939. The van der Waals surface area contributed by atoms with Crippen LogP contribution in [0.25, 0.3) is 0 Å². The number of aliphatic hydroxyl groups excluding tert-OH is 2. The van der Waals surface area contributed by atoms with E-state index < -0.39 is 12.1 Å². The van der Waals surface area contributed by atoms with E-state index in [9.17, 15) is 5.11 Å². The summed E-state index contributed by atoms with van der Waals surface area (Å²) in [5, 5.41) is 19.6. The van der Waals surface area contributed by atoms with Gasteiger partial charge in [0.15, 0.2) is 0 Å². The van der Waals surface area contributed by atoms with Crippen LogP contribution in [0.3, 0.4) is 0 Å². The van der Waals surface area contributed by atoms with Gasteiger partial charge < -0.3 is 20.7 Å². The van der Waals surface area contributed by atoms with Crippen molar-refractivity contribution < 1.29 is 14.9 Å². The smallest absolute Gasteiger partial charge is 0.120 e. The number of hydrogen-bond donors (Lipinski definition) is 3. The molecule has 2 unspecified atom stereocenters. The molecule has 0 aliphatic carbocycles. The van der Waals surface area contributed by atoms with Crippen molar-refractivity contribution in [2.75, 3.05) is 6.61 Å². The normalized spacial score (nSPS) is 13.1. The van der Waals surface area contributed by atoms with Gasteiger partial charge >= 0.3 is 0 Å². The highest BCUT2D eigenvalue weighted by atomic mass is 35.5. The van der Waals surface area contributed by atoms with Crippen LogP contribution >= 0.6 is 23.4 Å². The molecule has 0 heterocycles. The summed E-state index contributed by atoms with van der Waals surface area (Å²) in [6.45, 7) is 0.292. The van der Waals surface area contributed by atoms with Gasteiger partial charge in [0.25, 0.3) is 0 Å². The first-order valence-corrected chi connectivity index (χ1v) is 11.0. The highest BCUT2D eigenvalue weighted by Crippen LogP contribution is 2.33. The minimum atomic E-state index is -0.751. The van der Waals surface area contributed by atoms with Crippen LogP contribution in [0.2, 0.25) is 5.02 Å². The zero-order valence-corrected chi connectivity index (χ0v) is 18.1. The Morgan fingerprint density at radius 2 is 1.73 bits per heavy atom. The van der Waals surface area contributed by atoms with E-state index >= 15 is 0 Å². The van der Waals surface area contributed by atoms with Gasteiger partial charge in [-0.25, -0.2) is 0 Å². The van der Waals surface area contributed by atoms with Crippen molar-refractivity contribution in [1.82, 2.24) is 0 Å². The molecule has 0 radical (unpaired) electrons. The average molecular weight is 444 g/mol. The van der Waals surface area contributed by atoms with E-state index in [2.05, 4.69) is 0 Å². The second-order valence-electron chi connectivity index (χ2n) is 7.06. The van der Waals surface area contributed by atoms with Crippen molar-refractivity contribution in [3.63, 3.8) is 0 Å². The fourth-order valence-corrected chi connectivity index (χ4v) is 4.18. The van der Waals surface area contributed by atoms with Crippen LogP contribution in [-0.4, -0.2) is 29.0 Å². The quantitative estimate of drug-likeness (QED) is 0.424. The van der Waals surface area contributed by atoms with Crippen LogP contribution in [0, 0.1) is 0 Å². The number of rotatable bonds is 10. The van der Waals surface area contributed by atoms with E-state index in [0.29, 0.717) is 24.5 Å². The van der Waals surface area contributed by atoms with Crippen molar-refractivity contribution in [3.8, 4) is 5.75 Å². The standard InChI is InChI=1S/C24H26ClNO3S/c25-22-14-21(11-9-18(22)10-12-24(28)23(26)15-27)30-20-8-4-7-19(13-20)29-16-17-5-2-1-3-6-17/h1-9,11,13-14,23-24,27-28H,10,12,15-16,26H2. The molecule has 0 saturated carbocycles. The number of hydrogen-bond acceptors (Lipinski definition) is 5. The largest absolute Gasteiger partial charge is 0.489 e. The molecule has 3 rings (SSSR count). The molecule has 3 aromatic rings. The molecule has 0 spiro atoms. The molecule has 4 N–H and O–H groups in total. The van der Waals surface area contributed by atoms with Crippen molar-refractivity contribution in [1.29, 1.82) is 0 Å². The van der Waals surface area contributed by atoms with Gasteiger partial charge in [0.2, 0.25) is 0 Å². The number of nitrogens with two attached hydrogens (primary N) is 1. The van der Waals surface area contributed by atoms with E-state index in [4.69, 9.17) is 27.2 Å². The van der Waals surface area contributed by atoms with Crippen molar-refractivity contribution in [3.05, 3.63) is 88.9 Å². The molecule has 0 amide bonds. The van der Waals surface area contributed by atoms with E-state index in [0.717, 1.165) is 26.7 Å². The molecular formula is C24H26ClNO3S. The molecule has 2 atom stereocenters. The van der Waals surface area contributed by atoms with Gasteiger partial charge in [-0.3, -0.25) is 0 Å². The van der Waals surface area contributed by atoms with E-state index in [1.807, 2.05) is 72.8 Å². The number of aryl methyl sites for hydroxylation is 1. The Hall–Kier alpha value is -2.02. The van der Waals surface area contributed by atoms with Crippen LogP contribution in [-0.2, 0) is 13.0 Å². The molecule has 0 aliphatic heterocycles. The molecule has 0 bridgehead atoms.